The van der Waals surface area contributed by atoms with Crippen molar-refractivity contribution in [2.45, 2.75) is 103 Å². The van der Waals surface area contributed by atoms with Gasteiger partial charge < -0.3 is 0 Å². The fourth-order valence-corrected chi connectivity index (χ4v) is 4.12. The summed E-state index contributed by atoms with van der Waals surface area (Å²) in [6.45, 7) is 6.70. The van der Waals surface area contributed by atoms with E-state index >= 15 is 0 Å². The van der Waals surface area contributed by atoms with Gasteiger partial charge in [0.2, 0.25) is 0 Å². The highest BCUT2D eigenvalue weighted by atomic mass is 32.2. The molecule has 1 rings (SSSR count). The summed E-state index contributed by atoms with van der Waals surface area (Å²) >= 11 is 1.93. The number of thioether (sulfide) groups is 1. The lowest BCUT2D eigenvalue weighted by Gasteiger charge is -2.12. The lowest BCUT2D eigenvalue weighted by Crippen LogP contribution is -1.94. The summed E-state index contributed by atoms with van der Waals surface area (Å²) in [6.07, 6.45) is 14.3. The topological polar surface area (TPSA) is 19.9 Å². The molecule has 2 heteroatoms. The molecule has 0 spiro atoms. The third-order valence-electron chi connectivity index (χ3n) is 4.58. The van der Waals surface area contributed by atoms with E-state index in [4.69, 9.17) is 0 Å². The summed E-state index contributed by atoms with van der Waals surface area (Å²) in [7, 11) is 0. The molecular formula is C22H37OS. The van der Waals surface area contributed by atoms with Gasteiger partial charge in [-0.2, -0.15) is 0 Å². The number of aryl methyl sites for hydroxylation is 2. The van der Waals surface area contributed by atoms with Crippen molar-refractivity contribution in [1.29, 1.82) is 0 Å². The molecule has 1 nitrogen and oxygen atoms in total. The molecule has 0 aliphatic carbocycles. The molecule has 0 bridgehead atoms. The van der Waals surface area contributed by atoms with Gasteiger partial charge in [-0.15, -0.1) is 11.8 Å². The first-order chi connectivity index (χ1) is 11.7. The van der Waals surface area contributed by atoms with Crippen molar-refractivity contribution < 1.29 is 5.11 Å². The van der Waals surface area contributed by atoms with Crippen LogP contribution in [0.25, 0.3) is 0 Å². The molecule has 0 aliphatic heterocycles. The summed E-state index contributed by atoms with van der Waals surface area (Å²) in [5.41, 5.74) is 2.14. The molecule has 0 fully saturated rings. The van der Waals surface area contributed by atoms with E-state index in [0.29, 0.717) is 5.75 Å². The van der Waals surface area contributed by atoms with Crippen molar-refractivity contribution in [3.05, 3.63) is 23.3 Å². The quantitative estimate of drug-likeness (QED) is 0.246. The minimum absolute atomic E-state index is 0.336. The van der Waals surface area contributed by atoms with Crippen LogP contribution in [-0.2, 0) is 17.9 Å². The number of hydrogen-bond donors (Lipinski definition) is 0. The molecule has 1 aromatic carbocycles. The molecule has 0 aromatic heterocycles. The maximum absolute atomic E-state index is 12.8. The molecule has 0 amide bonds. The van der Waals surface area contributed by atoms with E-state index in [1.165, 1.54) is 62.0 Å². The molecule has 137 valence electrons. The van der Waals surface area contributed by atoms with Gasteiger partial charge in [-0.25, -0.2) is 0 Å². The second-order valence-electron chi connectivity index (χ2n) is 6.89. The summed E-state index contributed by atoms with van der Waals surface area (Å²) < 4.78 is 0. The largest absolute Gasteiger partial charge is 0.289 e. The Morgan fingerprint density at radius 2 is 1.21 bits per heavy atom. The zero-order valence-electron chi connectivity index (χ0n) is 16.2. The highest BCUT2D eigenvalue weighted by Gasteiger charge is 2.12. The van der Waals surface area contributed by atoms with Crippen molar-refractivity contribution in [3.8, 4) is 5.75 Å². The van der Waals surface area contributed by atoms with Gasteiger partial charge in [0.1, 0.15) is 0 Å². The molecular weight excluding hydrogens is 312 g/mol. The average molecular weight is 350 g/mol. The zero-order valence-corrected chi connectivity index (χ0v) is 17.0. The van der Waals surface area contributed by atoms with E-state index in [9.17, 15) is 5.11 Å². The van der Waals surface area contributed by atoms with Crippen LogP contribution >= 0.6 is 11.8 Å². The summed E-state index contributed by atoms with van der Waals surface area (Å²) in [5.74, 6) is 1.50. The molecule has 0 saturated carbocycles. The monoisotopic (exact) mass is 349 g/mol. The Morgan fingerprint density at radius 1 is 0.708 bits per heavy atom. The maximum atomic E-state index is 12.8. The highest BCUT2D eigenvalue weighted by molar-refractivity contribution is 7.99. The van der Waals surface area contributed by atoms with Crippen molar-refractivity contribution in [1.82, 2.24) is 0 Å². The lowest BCUT2D eigenvalue weighted by atomic mass is 9.99. The van der Waals surface area contributed by atoms with E-state index in [1.807, 2.05) is 11.8 Å². The van der Waals surface area contributed by atoms with Crippen LogP contribution < -0.4 is 0 Å². The first-order valence-corrected chi connectivity index (χ1v) is 11.2. The van der Waals surface area contributed by atoms with Crippen LogP contribution in [0.4, 0.5) is 0 Å². The van der Waals surface area contributed by atoms with E-state index in [2.05, 4.69) is 32.9 Å². The summed E-state index contributed by atoms with van der Waals surface area (Å²) in [4.78, 5) is 1.32. The van der Waals surface area contributed by atoms with Gasteiger partial charge in [-0.3, -0.25) is 5.11 Å². The Labute approximate surface area is 154 Å². The number of benzene rings is 1. The Morgan fingerprint density at radius 3 is 1.67 bits per heavy atom. The van der Waals surface area contributed by atoms with Crippen LogP contribution in [0.1, 0.15) is 96.1 Å². The van der Waals surface area contributed by atoms with Crippen LogP contribution in [0.5, 0.6) is 5.75 Å². The fraction of sp³-hybridized carbons (Fsp3) is 0.727. The van der Waals surface area contributed by atoms with E-state index in [-0.39, 0.29) is 0 Å². The molecule has 0 aliphatic rings. The fourth-order valence-electron chi connectivity index (χ4n) is 3.00. The van der Waals surface area contributed by atoms with Crippen LogP contribution in [0.3, 0.4) is 0 Å². The summed E-state index contributed by atoms with van der Waals surface area (Å²) in [5, 5.41) is 12.8. The number of hydrogen-bond acceptors (Lipinski definition) is 1. The van der Waals surface area contributed by atoms with Crippen LogP contribution in [0, 0.1) is 0 Å². The lowest BCUT2D eigenvalue weighted by molar-refractivity contribution is 0.343. The molecule has 0 heterocycles. The predicted octanol–water partition coefficient (Wildman–Crippen LogP) is 7.97. The zero-order chi connectivity index (χ0) is 17.6. The van der Waals surface area contributed by atoms with Crippen molar-refractivity contribution >= 4 is 11.8 Å². The van der Waals surface area contributed by atoms with Crippen molar-refractivity contribution in [2.75, 3.05) is 5.75 Å². The smallest absolute Gasteiger partial charge is 0.185 e. The van der Waals surface area contributed by atoms with Crippen molar-refractivity contribution in [3.63, 3.8) is 0 Å². The van der Waals surface area contributed by atoms with Crippen LogP contribution in [0.15, 0.2) is 17.0 Å². The Bertz CT molecular complexity index is 409. The molecule has 0 unspecified atom stereocenters. The standard InChI is InChI=1S/C22H37OS/c1-4-7-10-12-14-19-17-21(24-16-9-6-3)18-20(22(19)23)15-13-11-8-5-2/h17-18H,4-16H2,1-3H3. The second-order valence-corrected chi connectivity index (χ2v) is 8.06. The molecule has 0 atom stereocenters. The summed E-state index contributed by atoms with van der Waals surface area (Å²) in [6, 6.07) is 4.37. The van der Waals surface area contributed by atoms with Gasteiger partial charge in [0.25, 0.3) is 0 Å². The Balaban J connectivity index is 2.75. The van der Waals surface area contributed by atoms with E-state index < -0.39 is 0 Å². The average Bonchev–Trinajstić information content (AvgIpc) is 2.59. The van der Waals surface area contributed by atoms with Crippen LogP contribution in [-0.4, -0.2) is 5.75 Å². The Hall–Kier alpha value is -0.630. The van der Waals surface area contributed by atoms with E-state index in [0.717, 1.165) is 36.8 Å². The first-order valence-electron chi connectivity index (χ1n) is 10.2. The SMILES string of the molecule is CCCCCCc1cc(SCCCC)cc(CCCCCC)c1[O]. The minimum atomic E-state index is 0.336. The first kappa shape index (κ1) is 21.4. The third-order valence-corrected chi connectivity index (χ3v) is 5.64. The van der Waals surface area contributed by atoms with Gasteiger partial charge in [0, 0.05) is 16.0 Å². The van der Waals surface area contributed by atoms with Gasteiger partial charge in [-0.1, -0.05) is 65.7 Å². The molecule has 1 radical (unpaired) electrons. The van der Waals surface area contributed by atoms with Gasteiger partial charge in [0.05, 0.1) is 0 Å². The van der Waals surface area contributed by atoms with Crippen molar-refractivity contribution in [2.24, 2.45) is 0 Å². The van der Waals surface area contributed by atoms with E-state index in [1.54, 1.807) is 0 Å². The molecule has 1 aromatic rings. The number of rotatable bonds is 14. The molecule has 0 saturated heterocycles. The number of unbranched alkanes of at least 4 members (excludes halogenated alkanes) is 7. The predicted molar refractivity (Wildman–Crippen MR) is 108 cm³/mol. The van der Waals surface area contributed by atoms with Gasteiger partial charge in [0.15, 0.2) is 5.75 Å². The normalized spacial score (nSPS) is 11.1. The van der Waals surface area contributed by atoms with Crippen LogP contribution in [0.2, 0.25) is 0 Å². The third kappa shape index (κ3) is 8.46. The Kier molecular flexibility index (Phi) is 12.2. The second kappa shape index (κ2) is 13.6. The van der Waals surface area contributed by atoms with Gasteiger partial charge >= 0.3 is 0 Å². The maximum Gasteiger partial charge on any atom is 0.185 e. The minimum Gasteiger partial charge on any atom is -0.289 e. The van der Waals surface area contributed by atoms with Gasteiger partial charge in [-0.05, 0) is 50.0 Å². The molecule has 24 heavy (non-hydrogen) atoms. The highest BCUT2D eigenvalue weighted by Crippen LogP contribution is 2.33. The molecule has 0 N–H and O–H groups in total.